The van der Waals surface area contributed by atoms with E-state index in [9.17, 15) is 0 Å². The van der Waals surface area contributed by atoms with Crippen molar-refractivity contribution in [2.45, 2.75) is 40.7 Å². The molecule has 0 aliphatic carbocycles. The SMILES string of the molecule is Cc1nc(Cl)nc(NC(C)C(C)(C)C)c1N. The zero-order chi connectivity index (χ0) is 12.5. The molecular weight excluding hydrogens is 224 g/mol. The molecule has 1 aromatic heterocycles. The minimum absolute atomic E-state index is 0.123. The van der Waals surface area contributed by atoms with Crippen LogP contribution in [0.25, 0.3) is 0 Å². The summed E-state index contributed by atoms with van der Waals surface area (Å²) < 4.78 is 0. The Morgan fingerprint density at radius 1 is 1.31 bits per heavy atom. The molecule has 0 spiro atoms. The van der Waals surface area contributed by atoms with Crippen molar-refractivity contribution in [1.82, 2.24) is 9.97 Å². The van der Waals surface area contributed by atoms with Crippen LogP contribution in [0.15, 0.2) is 0 Å². The molecular formula is C11H19ClN4. The minimum Gasteiger partial charge on any atom is -0.394 e. The number of aromatic nitrogens is 2. The normalized spacial score (nSPS) is 13.6. The van der Waals surface area contributed by atoms with Crippen LogP contribution in [0, 0.1) is 12.3 Å². The first kappa shape index (κ1) is 13.0. The van der Waals surface area contributed by atoms with Crippen molar-refractivity contribution in [1.29, 1.82) is 0 Å². The summed E-state index contributed by atoms with van der Waals surface area (Å²) in [5.41, 5.74) is 7.27. The highest BCUT2D eigenvalue weighted by Crippen LogP contribution is 2.26. The summed E-state index contributed by atoms with van der Waals surface area (Å²) in [7, 11) is 0. The van der Waals surface area contributed by atoms with Crippen molar-refractivity contribution in [3.63, 3.8) is 0 Å². The molecule has 0 aromatic carbocycles. The van der Waals surface area contributed by atoms with Gasteiger partial charge in [-0.15, -0.1) is 0 Å². The standard InChI is InChI=1S/C11H19ClN4/c1-6-8(13)9(16-10(12)14-6)15-7(2)11(3,4)5/h7H,13H2,1-5H3,(H,14,15,16). The molecule has 0 amide bonds. The average molecular weight is 243 g/mol. The van der Waals surface area contributed by atoms with Gasteiger partial charge in [0.1, 0.15) is 0 Å². The number of nitrogens with zero attached hydrogens (tertiary/aromatic N) is 2. The van der Waals surface area contributed by atoms with Crippen LogP contribution in [0.2, 0.25) is 5.28 Å². The number of nitrogens with one attached hydrogen (secondary N) is 1. The van der Waals surface area contributed by atoms with E-state index in [1.807, 2.05) is 6.92 Å². The Bertz CT molecular complexity index is 384. The van der Waals surface area contributed by atoms with Crippen LogP contribution in [0.5, 0.6) is 0 Å². The van der Waals surface area contributed by atoms with Gasteiger partial charge in [0.2, 0.25) is 5.28 Å². The highest BCUT2D eigenvalue weighted by Gasteiger charge is 2.21. The molecule has 1 aromatic rings. The maximum Gasteiger partial charge on any atom is 0.224 e. The van der Waals surface area contributed by atoms with Crippen molar-refractivity contribution < 1.29 is 0 Å². The highest BCUT2D eigenvalue weighted by atomic mass is 35.5. The van der Waals surface area contributed by atoms with E-state index in [1.165, 1.54) is 0 Å². The van der Waals surface area contributed by atoms with Crippen molar-refractivity contribution in [3.05, 3.63) is 11.0 Å². The summed E-state index contributed by atoms with van der Waals surface area (Å²) in [4.78, 5) is 8.10. The summed E-state index contributed by atoms with van der Waals surface area (Å²) in [6.45, 7) is 10.4. The molecule has 16 heavy (non-hydrogen) atoms. The summed E-state index contributed by atoms with van der Waals surface area (Å²) >= 11 is 5.80. The van der Waals surface area contributed by atoms with E-state index in [4.69, 9.17) is 17.3 Å². The van der Waals surface area contributed by atoms with E-state index in [0.29, 0.717) is 17.2 Å². The Morgan fingerprint density at radius 2 is 1.88 bits per heavy atom. The first-order chi connectivity index (χ1) is 7.21. The van der Waals surface area contributed by atoms with Crippen LogP contribution >= 0.6 is 11.6 Å². The Balaban J connectivity index is 2.98. The van der Waals surface area contributed by atoms with Gasteiger partial charge in [0.25, 0.3) is 0 Å². The largest absolute Gasteiger partial charge is 0.394 e. The van der Waals surface area contributed by atoms with Crippen LogP contribution in [-0.4, -0.2) is 16.0 Å². The van der Waals surface area contributed by atoms with Crippen molar-refractivity contribution >= 4 is 23.1 Å². The quantitative estimate of drug-likeness (QED) is 0.783. The summed E-state index contributed by atoms with van der Waals surface area (Å²) in [6.07, 6.45) is 0. The molecule has 1 unspecified atom stereocenters. The van der Waals surface area contributed by atoms with Gasteiger partial charge in [-0.3, -0.25) is 0 Å². The number of hydrogen-bond acceptors (Lipinski definition) is 4. The van der Waals surface area contributed by atoms with Gasteiger partial charge < -0.3 is 11.1 Å². The lowest BCUT2D eigenvalue weighted by Crippen LogP contribution is -2.31. The van der Waals surface area contributed by atoms with Crippen LogP contribution in [0.1, 0.15) is 33.4 Å². The van der Waals surface area contributed by atoms with Gasteiger partial charge in [-0.2, -0.15) is 4.98 Å². The molecule has 0 aliphatic rings. The predicted molar refractivity (Wildman–Crippen MR) is 68.7 cm³/mol. The molecule has 1 heterocycles. The molecule has 5 heteroatoms. The van der Waals surface area contributed by atoms with Crippen LogP contribution in [0.3, 0.4) is 0 Å². The van der Waals surface area contributed by atoms with E-state index < -0.39 is 0 Å². The molecule has 0 aliphatic heterocycles. The number of halogens is 1. The van der Waals surface area contributed by atoms with Gasteiger partial charge in [-0.25, -0.2) is 4.98 Å². The fraction of sp³-hybridized carbons (Fsp3) is 0.636. The van der Waals surface area contributed by atoms with Gasteiger partial charge in [-0.05, 0) is 30.9 Å². The van der Waals surface area contributed by atoms with Crippen molar-refractivity contribution in [3.8, 4) is 0 Å². The number of aryl methyl sites for hydroxylation is 1. The first-order valence-corrected chi connectivity index (χ1v) is 5.65. The third kappa shape index (κ3) is 2.98. The third-order valence-corrected chi connectivity index (χ3v) is 2.93. The number of hydrogen-bond donors (Lipinski definition) is 2. The van der Waals surface area contributed by atoms with Gasteiger partial charge in [0, 0.05) is 6.04 Å². The molecule has 90 valence electrons. The van der Waals surface area contributed by atoms with Gasteiger partial charge in [0.05, 0.1) is 11.4 Å². The zero-order valence-corrected chi connectivity index (χ0v) is 11.2. The second-order valence-corrected chi connectivity index (χ2v) is 5.41. The Kier molecular flexibility index (Phi) is 3.63. The number of nitrogen functional groups attached to an aromatic ring is 1. The van der Waals surface area contributed by atoms with Crippen molar-refractivity contribution in [2.75, 3.05) is 11.1 Å². The van der Waals surface area contributed by atoms with E-state index in [0.717, 1.165) is 0 Å². The average Bonchev–Trinajstić information content (AvgIpc) is 2.11. The monoisotopic (exact) mass is 242 g/mol. The summed E-state index contributed by atoms with van der Waals surface area (Å²) in [5.74, 6) is 0.611. The van der Waals surface area contributed by atoms with E-state index in [1.54, 1.807) is 0 Å². The fourth-order valence-electron chi connectivity index (χ4n) is 1.08. The second-order valence-electron chi connectivity index (χ2n) is 5.07. The maximum absolute atomic E-state index is 5.90. The molecule has 1 atom stereocenters. The third-order valence-electron chi connectivity index (χ3n) is 2.76. The topological polar surface area (TPSA) is 63.8 Å². The maximum atomic E-state index is 5.90. The van der Waals surface area contributed by atoms with E-state index in [2.05, 4.69) is 43.0 Å². The fourth-order valence-corrected chi connectivity index (χ4v) is 1.29. The van der Waals surface area contributed by atoms with Gasteiger partial charge in [0.15, 0.2) is 5.82 Å². The molecule has 1 rings (SSSR count). The highest BCUT2D eigenvalue weighted by molar-refractivity contribution is 6.28. The van der Waals surface area contributed by atoms with Gasteiger partial charge >= 0.3 is 0 Å². The second kappa shape index (κ2) is 4.45. The molecule has 0 saturated carbocycles. The molecule has 0 saturated heterocycles. The smallest absolute Gasteiger partial charge is 0.224 e. The summed E-state index contributed by atoms with van der Waals surface area (Å²) in [6, 6.07) is 0.236. The number of anilines is 2. The van der Waals surface area contributed by atoms with E-state index in [-0.39, 0.29) is 16.7 Å². The lowest BCUT2D eigenvalue weighted by atomic mass is 9.88. The molecule has 4 nitrogen and oxygen atoms in total. The Hall–Kier alpha value is -1.03. The summed E-state index contributed by atoms with van der Waals surface area (Å²) in [5, 5.41) is 3.49. The predicted octanol–water partition coefficient (Wildman–Crippen LogP) is 2.87. The lowest BCUT2D eigenvalue weighted by molar-refractivity contribution is 0.359. The van der Waals surface area contributed by atoms with Gasteiger partial charge in [-0.1, -0.05) is 20.8 Å². The first-order valence-electron chi connectivity index (χ1n) is 5.28. The zero-order valence-electron chi connectivity index (χ0n) is 10.4. The lowest BCUT2D eigenvalue weighted by Gasteiger charge is -2.29. The Labute approximate surface area is 102 Å². The van der Waals surface area contributed by atoms with E-state index >= 15 is 0 Å². The molecule has 3 N–H and O–H groups in total. The van der Waals surface area contributed by atoms with Crippen LogP contribution < -0.4 is 11.1 Å². The molecule has 0 radical (unpaired) electrons. The van der Waals surface area contributed by atoms with Crippen LogP contribution in [0.4, 0.5) is 11.5 Å². The molecule has 0 bridgehead atoms. The Morgan fingerprint density at radius 3 is 2.38 bits per heavy atom. The van der Waals surface area contributed by atoms with Crippen molar-refractivity contribution in [2.24, 2.45) is 5.41 Å². The van der Waals surface area contributed by atoms with Crippen LogP contribution in [-0.2, 0) is 0 Å². The number of nitrogens with two attached hydrogens (primary N) is 1. The molecule has 0 fully saturated rings. The number of rotatable bonds is 2. The minimum atomic E-state index is 0.123.